The van der Waals surface area contributed by atoms with Crippen LogP contribution < -0.4 is 25.9 Å². The van der Waals surface area contributed by atoms with Crippen LogP contribution in [0, 0.1) is 41.5 Å². The lowest BCUT2D eigenvalue weighted by Gasteiger charge is -2.39. The van der Waals surface area contributed by atoms with Gasteiger partial charge in [-0.15, -0.1) is 0 Å². The maximum atomic E-state index is 7.12. The number of aryl methyl sites for hydroxylation is 6. The summed E-state index contributed by atoms with van der Waals surface area (Å²) in [4.78, 5) is 0. The zero-order valence-corrected chi connectivity index (χ0v) is 32.9. The molecule has 0 radical (unpaired) electrons. The predicted octanol–water partition coefficient (Wildman–Crippen LogP) is 12.7. The number of fused-ring (bicyclic) bond motifs is 6. The van der Waals surface area contributed by atoms with Crippen LogP contribution in [0.5, 0.6) is 23.0 Å². The predicted molar refractivity (Wildman–Crippen MR) is 239 cm³/mol. The number of benzene rings is 9. The number of ether oxygens (including phenoxy) is 2. The van der Waals surface area contributed by atoms with Crippen molar-refractivity contribution in [2.45, 2.75) is 41.5 Å². The maximum Gasteiger partial charge on any atom is 0.246 e. The fourth-order valence-electron chi connectivity index (χ4n) is 11.6. The van der Waals surface area contributed by atoms with Crippen LogP contribution in [0.4, 0.5) is 0 Å². The molecule has 268 valence electrons. The molecule has 2 nitrogen and oxygen atoms in total. The second-order valence-electron chi connectivity index (χ2n) is 17.1. The lowest BCUT2D eigenvalue weighted by molar-refractivity contribution is 0.479. The van der Waals surface area contributed by atoms with Gasteiger partial charge in [-0.05, 0) is 165 Å². The minimum absolute atomic E-state index is 0.0640. The van der Waals surface area contributed by atoms with Gasteiger partial charge in [0.05, 0.1) is 0 Å². The Morgan fingerprint density at radius 3 is 1.35 bits per heavy atom. The lowest BCUT2D eigenvalue weighted by atomic mass is 9.28. The molecule has 0 saturated heterocycles. The van der Waals surface area contributed by atoms with Crippen LogP contribution in [0.25, 0.3) is 88.0 Å². The molecule has 0 bridgehead atoms. The largest absolute Gasteiger partial charge is 0.456 e. The van der Waals surface area contributed by atoms with Gasteiger partial charge >= 0.3 is 0 Å². The molecule has 0 fully saturated rings. The fraction of sp³-hybridized carbons (Fsp3) is 0.111. The molecule has 3 heteroatoms. The molecule has 0 saturated carbocycles. The van der Waals surface area contributed by atoms with Gasteiger partial charge in [0.15, 0.2) is 0 Å². The molecule has 9 aromatic rings. The smallest absolute Gasteiger partial charge is 0.246 e. The van der Waals surface area contributed by atoms with E-state index in [4.69, 9.17) is 9.47 Å². The second kappa shape index (κ2) is 10.6. The fourth-order valence-corrected chi connectivity index (χ4v) is 11.6. The van der Waals surface area contributed by atoms with Crippen LogP contribution in [-0.4, -0.2) is 6.71 Å². The maximum absolute atomic E-state index is 7.12. The van der Waals surface area contributed by atoms with Crippen molar-refractivity contribution in [3.8, 4) is 78.6 Å². The number of hydrogen-bond acceptors (Lipinski definition) is 2. The molecule has 1 aliphatic carbocycles. The Bertz CT molecular complexity index is 3380. The monoisotopic (exact) mass is 728 g/mol. The van der Waals surface area contributed by atoms with E-state index in [1.165, 1.54) is 105 Å². The van der Waals surface area contributed by atoms with Crippen LogP contribution in [0.1, 0.15) is 33.4 Å². The van der Waals surface area contributed by atoms with E-state index < -0.39 is 0 Å². The standard InChI is InChI=1S/C54H37BO2/c1-26-20-28(3)53(29(4)21-26)56-44-18-16-35-38-12-9-13-39-36-15-14-34-32-10-7-8-11-33(32)40-24-41-37-17-19-45(57-54-30(5)22-27(2)23-31(54)6)43-25-42(44)47(35)52(48(37)43)55(50(38)39)51(41)49(36)46(34)40/h7-25H,1-6H3. The first kappa shape index (κ1) is 31.6. The van der Waals surface area contributed by atoms with Gasteiger partial charge in [-0.2, -0.15) is 0 Å². The number of hydrogen-bond donors (Lipinski definition) is 0. The Balaban J connectivity index is 1.20. The Morgan fingerprint density at radius 2 is 0.789 bits per heavy atom. The Labute approximate surface area is 332 Å². The molecule has 0 atom stereocenters. The van der Waals surface area contributed by atoms with Crippen molar-refractivity contribution in [3.63, 3.8) is 0 Å². The first-order chi connectivity index (χ1) is 27.7. The minimum atomic E-state index is 0.0640. The van der Waals surface area contributed by atoms with Gasteiger partial charge in [0.25, 0.3) is 0 Å². The van der Waals surface area contributed by atoms with E-state index in [1.807, 2.05) is 0 Å². The average Bonchev–Trinajstić information content (AvgIpc) is 3.52. The molecule has 0 aromatic heterocycles. The normalized spacial score (nSPS) is 13.1. The molecule has 0 unspecified atom stereocenters. The highest BCUT2D eigenvalue weighted by Gasteiger charge is 2.45. The van der Waals surface area contributed by atoms with Gasteiger partial charge < -0.3 is 9.47 Å². The average molecular weight is 729 g/mol. The van der Waals surface area contributed by atoms with Gasteiger partial charge in [-0.25, -0.2) is 0 Å². The third kappa shape index (κ3) is 3.87. The van der Waals surface area contributed by atoms with E-state index in [0.29, 0.717) is 0 Å². The Morgan fingerprint density at radius 1 is 0.333 bits per heavy atom. The molecule has 0 N–H and O–H groups in total. The van der Waals surface area contributed by atoms with Gasteiger partial charge in [0, 0.05) is 10.8 Å². The van der Waals surface area contributed by atoms with Gasteiger partial charge in [0.2, 0.25) is 6.71 Å². The highest BCUT2D eigenvalue weighted by atomic mass is 16.5. The highest BCUT2D eigenvalue weighted by molar-refractivity contribution is 7.04. The van der Waals surface area contributed by atoms with Crippen LogP contribution in [0.15, 0.2) is 115 Å². The van der Waals surface area contributed by atoms with Crippen LogP contribution in [0.2, 0.25) is 0 Å². The molecule has 3 heterocycles. The SMILES string of the molecule is Cc1cc(C)c(Oc2ccc3c4c5c6c(ccc(Oc7c(C)cc(C)cc7C)c6cc24)-c2cc4c6c(ccc7c6c2B5c2c-3cccc2-7)-c2ccccc2-4)c(C)c1. The van der Waals surface area contributed by atoms with E-state index >= 15 is 0 Å². The Hall–Kier alpha value is -6.58. The van der Waals surface area contributed by atoms with E-state index in [1.54, 1.807) is 0 Å². The van der Waals surface area contributed by atoms with Crippen molar-refractivity contribution >= 4 is 55.4 Å². The topological polar surface area (TPSA) is 18.5 Å². The van der Waals surface area contributed by atoms with Crippen molar-refractivity contribution in [3.05, 3.63) is 149 Å². The summed E-state index contributed by atoms with van der Waals surface area (Å²) in [6.45, 7) is 13.0. The van der Waals surface area contributed by atoms with E-state index in [2.05, 4.69) is 157 Å². The van der Waals surface area contributed by atoms with Gasteiger partial charge in [-0.3, -0.25) is 0 Å². The molecule has 0 amide bonds. The molecule has 57 heavy (non-hydrogen) atoms. The first-order valence-corrected chi connectivity index (χ1v) is 20.2. The quantitative estimate of drug-likeness (QED) is 0.133. The third-order valence-corrected chi connectivity index (χ3v) is 13.5. The third-order valence-electron chi connectivity index (χ3n) is 13.5. The zero-order chi connectivity index (χ0) is 38.2. The molecule has 9 aromatic carbocycles. The Kier molecular flexibility index (Phi) is 5.89. The van der Waals surface area contributed by atoms with Crippen LogP contribution in [-0.2, 0) is 0 Å². The zero-order valence-electron chi connectivity index (χ0n) is 32.9. The molecule has 3 aliphatic heterocycles. The summed E-state index contributed by atoms with van der Waals surface area (Å²) in [5.41, 5.74) is 24.6. The van der Waals surface area contributed by atoms with Crippen molar-refractivity contribution in [2.24, 2.45) is 0 Å². The van der Waals surface area contributed by atoms with Crippen LogP contribution in [0.3, 0.4) is 0 Å². The summed E-state index contributed by atoms with van der Waals surface area (Å²) < 4.78 is 14.2. The van der Waals surface area contributed by atoms with Gasteiger partial charge in [-0.1, -0.05) is 119 Å². The van der Waals surface area contributed by atoms with E-state index in [9.17, 15) is 0 Å². The molecular weight excluding hydrogens is 691 g/mol. The van der Waals surface area contributed by atoms with Crippen molar-refractivity contribution in [1.82, 2.24) is 0 Å². The molecule has 4 aliphatic rings. The van der Waals surface area contributed by atoms with Crippen molar-refractivity contribution in [1.29, 1.82) is 0 Å². The molecular formula is C54H37BO2. The molecule has 0 spiro atoms. The minimum Gasteiger partial charge on any atom is -0.456 e. The summed E-state index contributed by atoms with van der Waals surface area (Å²) in [6, 6.07) is 43.6. The number of rotatable bonds is 4. The summed E-state index contributed by atoms with van der Waals surface area (Å²) >= 11 is 0. The summed E-state index contributed by atoms with van der Waals surface area (Å²) in [5.74, 6) is 3.60. The molecule has 13 rings (SSSR count). The highest BCUT2D eigenvalue weighted by Crippen LogP contribution is 2.55. The van der Waals surface area contributed by atoms with E-state index in [0.717, 1.165) is 56.0 Å². The summed E-state index contributed by atoms with van der Waals surface area (Å²) in [6.07, 6.45) is 0. The lowest BCUT2D eigenvalue weighted by Crippen LogP contribution is -2.59. The van der Waals surface area contributed by atoms with Crippen LogP contribution >= 0.6 is 0 Å². The van der Waals surface area contributed by atoms with Crippen molar-refractivity contribution < 1.29 is 9.47 Å². The second-order valence-corrected chi connectivity index (χ2v) is 17.1. The van der Waals surface area contributed by atoms with Gasteiger partial charge in [0.1, 0.15) is 23.0 Å². The summed E-state index contributed by atoms with van der Waals surface area (Å²) in [5, 5.41) is 7.63. The van der Waals surface area contributed by atoms with Crippen molar-refractivity contribution in [2.75, 3.05) is 0 Å². The first-order valence-electron chi connectivity index (χ1n) is 20.2. The summed E-state index contributed by atoms with van der Waals surface area (Å²) in [7, 11) is 0. The van der Waals surface area contributed by atoms with E-state index in [-0.39, 0.29) is 6.71 Å².